The minimum Gasteiger partial charge on any atom is -0.314 e. The highest BCUT2D eigenvalue weighted by atomic mass is 32.2. The molecule has 2 rings (SSSR count). The molecule has 0 heterocycles. The molecule has 0 fully saturated rings. The number of thioether (sulfide) groups is 1. The molecule has 0 aliphatic carbocycles. The topological polar surface area (TPSA) is 12.0 Å². The number of hydrogen-bond donors (Lipinski definition) is 1. The van der Waals surface area contributed by atoms with Crippen LogP contribution in [0, 0.1) is 11.6 Å². The smallest absolute Gasteiger partial charge is 0.159 e. The molecule has 1 nitrogen and oxygen atoms in total. The van der Waals surface area contributed by atoms with Crippen molar-refractivity contribution in [2.45, 2.75) is 37.1 Å². The maximum atomic E-state index is 13.2. The Bertz CT molecular complexity index is 613. The lowest BCUT2D eigenvalue weighted by Crippen LogP contribution is -2.29. The second-order valence-corrected chi connectivity index (χ2v) is 6.64. The average Bonchev–Trinajstić information content (AvgIpc) is 2.55. The van der Waals surface area contributed by atoms with Crippen molar-refractivity contribution in [1.29, 1.82) is 0 Å². The lowest BCUT2D eigenvalue weighted by atomic mass is 10.1. The van der Waals surface area contributed by atoms with Crippen molar-refractivity contribution in [3.63, 3.8) is 0 Å². The SMILES string of the molecule is CSc1ccc(CCCNC(C)Cc2ccc(F)c(F)c2)cc1. The number of aryl methyl sites for hydroxylation is 1. The van der Waals surface area contributed by atoms with Gasteiger partial charge in [0.05, 0.1) is 0 Å². The van der Waals surface area contributed by atoms with Crippen LogP contribution in [-0.4, -0.2) is 18.8 Å². The molecule has 2 aromatic rings. The van der Waals surface area contributed by atoms with Gasteiger partial charge < -0.3 is 5.32 Å². The van der Waals surface area contributed by atoms with Crippen LogP contribution in [-0.2, 0) is 12.8 Å². The molecule has 0 aliphatic heterocycles. The first kappa shape index (κ1) is 18.0. The van der Waals surface area contributed by atoms with Crippen molar-refractivity contribution < 1.29 is 8.78 Å². The standard InChI is InChI=1S/C19H23F2NS/c1-14(12-16-7-10-18(20)19(21)13-16)22-11-3-4-15-5-8-17(23-2)9-6-15/h5-10,13-14,22H,3-4,11-12H2,1-2H3. The number of halogens is 2. The first-order valence-corrected chi connectivity index (χ1v) is 9.11. The molecule has 2 aromatic carbocycles. The number of benzene rings is 2. The number of rotatable bonds is 8. The summed E-state index contributed by atoms with van der Waals surface area (Å²) < 4.78 is 26.1. The second kappa shape index (κ2) is 9.04. The summed E-state index contributed by atoms with van der Waals surface area (Å²) in [6, 6.07) is 13.0. The van der Waals surface area contributed by atoms with E-state index in [0.29, 0.717) is 6.42 Å². The van der Waals surface area contributed by atoms with E-state index in [4.69, 9.17) is 0 Å². The fraction of sp³-hybridized carbons (Fsp3) is 0.368. The van der Waals surface area contributed by atoms with Gasteiger partial charge in [0.15, 0.2) is 11.6 Å². The number of hydrogen-bond acceptors (Lipinski definition) is 2. The summed E-state index contributed by atoms with van der Waals surface area (Å²) in [7, 11) is 0. The lowest BCUT2D eigenvalue weighted by molar-refractivity contribution is 0.501. The van der Waals surface area contributed by atoms with E-state index in [2.05, 4.69) is 42.8 Å². The molecule has 0 saturated carbocycles. The van der Waals surface area contributed by atoms with Crippen LogP contribution in [0.2, 0.25) is 0 Å². The Morgan fingerprint density at radius 1 is 1.00 bits per heavy atom. The molecule has 0 saturated heterocycles. The van der Waals surface area contributed by atoms with E-state index in [9.17, 15) is 8.78 Å². The monoisotopic (exact) mass is 335 g/mol. The summed E-state index contributed by atoms with van der Waals surface area (Å²) in [6.07, 6.45) is 4.87. The molecule has 0 aliphatic rings. The Kier molecular flexibility index (Phi) is 7.06. The van der Waals surface area contributed by atoms with E-state index in [1.54, 1.807) is 17.8 Å². The summed E-state index contributed by atoms with van der Waals surface area (Å²) in [5, 5.41) is 3.44. The normalized spacial score (nSPS) is 12.3. The minimum absolute atomic E-state index is 0.235. The van der Waals surface area contributed by atoms with Crippen LogP contribution in [0.25, 0.3) is 0 Å². The summed E-state index contributed by atoms with van der Waals surface area (Å²) in [5.74, 6) is -1.56. The van der Waals surface area contributed by atoms with Gasteiger partial charge in [-0.1, -0.05) is 18.2 Å². The third-order valence-corrected chi connectivity index (χ3v) is 4.56. The van der Waals surface area contributed by atoms with Crippen LogP contribution in [0.15, 0.2) is 47.4 Å². The Balaban J connectivity index is 1.69. The fourth-order valence-corrected chi connectivity index (χ4v) is 2.93. The van der Waals surface area contributed by atoms with Gasteiger partial charge in [0.1, 0.15) is 0 Å². The maximum Gasteiger partial charge on any atom is 0.159 e. The predicted molar refractivity (Wildman–Crippen MR) is 94.1 cm³/mol. The Labute approximate surface area is 141 Å². The zero-order chi connectivity index (χ0) is 16.7. The molecule has 0 bridgehead atoms. The highest BCUT2D eigenvalue weighted by Crippen LogP contribution is 2.15. The van der Waals surface area contributed by atoms with Gasteiger partial charge in [0, 0.05) is 10.9 Å². The van der Waals surface area contributed by atoms with Crippen molar-refractivity contribution >= 4 is 11.8 Å². The predicted octanol–water partition coefficient (Wildman–Crippen LogP) is 4.84. The molecule has 0 amide bonds. The first-order chi connectivity index (χ1) is 11.1. The second-order valence-electron chi connectivity index (χ2n) is 5.76. The lowest BCUT2D eigenvalue weighted by Gasteiger charge is -2.14. The van der Waals surface area contributed by atoms with Crippen LogP contribution in [0.1, 0.15) is 24.5 Å². The maximum absolute atomic E-state index is 13.2. The Hall–Kier alpha value is -1.39. The highest BCUT2D eigenvalue weighted by Gasteiger charge is 2.06. The molecular formula is C19H23F2NS. The zero-order valence-electron chi connectivity index (χ0n) is 13.6. The van der Waals surface area contributed by atoms with Crippen LogP contribution in [0.3, 0.4) is 0 Å². The average molecular weight is 335 g/mol. The van der Waals surface area contributed by atoms with E-state index >= 15 is 0 Å². The molecule has 1 N–H and O–H groups in total. The Morgan fingerprint density at radius 2 is 1.70 bits per heavy atom. The molecule has 1 atom stereocenters. The van der Waals surface area contributed by atoms with Crippen LogP contribution < -0.4 is 5.32 Å². The summed E-state index contributed by atoms with van der Waals surface area (Å²) in [6.45, 7) is 2.98. The van der Waals surface area contributed by atoms with Crippen LogP contribution >= 0.6 is 11.8 Å². The van der Waals surface area contributed by atoms with Gasteiger partial charge in [-0.3, -0.25) is 0 Å². The van der Waals surface area contributed by atoms with Gasteiger partial charge in [-0.2, -0.15) is 0 Å². The quantitative estimate of drug-likeness (QED) is 0.547. The molecular weight excluding hydrogens is 312 g/mol. The summed E-state index contributed by atoms with van der Waals surface area (Å²) in [5.41, 5.74) is 2.16. The Morgan fingerprint density at radius 3 is 2.35 bits per heavy atom. The van der Waals surface area contributed by atoms with E-state index in [-0.39, 0.29) is 6.04 Å². The van der Waals surface area contributed by atoms with Gasteiger partial charge in [-0.05, 0) is 74.4 Å². The number of nitrogens with one attached hydrogen (secondary N) is 1. The molecule has 0 radical (unpaired) electrons. The fourth-order valence-electron chi connectivity index (χ4n) is 2.53. The summed E-state index contributed by atoms with van der Waals surface area (Å²) >= 11 is 1.75. The van der Waals surface area contributed by atoms with Crippen molar-refractivity contribution in [2.24, 2.45) is 0 Å². The van der Waals surface area contributed by atoms with Gasteiger partial charge >= 0.3 is 0 Å². The molecule has 124 valence electrons. The third kappa shape index (κ3) is 5.96. The van der Waals surface area contributed by atoms with E-state index < -0.39 is 11.6 Å². The highest BCUT2D eigenvalue weighted by molar-refractivity contribution is 7.98. The van der Waals surface area contributed by atoms with Crippen molar-refractivity contribution in [3.05, 3.63) is 65.2 Å². The van der Waals surface area contributed by atoms with Crippen LogP contribution in [0.5, 0.6) is 0 Å². The molecule has 0 aromatic heterocycles. The molecule has 23 heavy (non-hydrogen) atoms. The van der Waals surface area contributed by atoms with Crippen molar-refractivity contribution in [2.75, 3.05) is 12.8 Å². The van der Waals surface area contributed by atoms with E-state index in [1.165, 1.54) is 22.6 Å². The van der Waals surface area contributed by atoms with E-state index in [0.717, 1.165) is 24.9 Å². The van der Waals surface area contributed by atoms with Gasteiger partial charge in [-0.25, -0.2) is 8.78 Å². The molecule has 1 unspecified atom stereocenters. The van der Waals surface area contributed by atoms with Crippen LogP contribution in [0.4, 0.5) is 8.78 Å². The van der Waals surface area contributed by atoms with Gasteiger partial charge in [-0.15, -0.1) is 11.8 Å². The summed E-state index contributed by atoms with van der Waals surface area (Å²) in [4.78, 5) is 1.28. The van der Waals surface area contributed by atoms with Gasteiger partial charge in [0.25, 0.3) is 0 Å². The van der Waals surface area contributed by atoms with Crippen molar-refractivity contribution in [1.82, 2.24) is 5.32 Å². The molecule has 0 spiro atoms. The largest absolute Gasteiger partial charge is 0.314 e. The zero-order valence-corrected chi connectivity index (χ0v) is 14.4. The first-order valence-electron chi connectivity index (χ1n) is 7.88. The minimum atomic E-state index is -0.790. The van der Waals surface area contributed by atoms with E-state index in [1.807, 2.05) is 0 Å². The third-order valence-electron chi connectivity index (χ3n) is 3.82. The van der Waals surface area contributed by atoms with Crippen molar-refractivity contribution in [3.8, 4) is 0 Å². The van der Waals surface area contributed by atoms with Gasteiger partial charge in [0.2, 0.25) is 0 Å². The molecule has 4 heteroatoms.